The van der Waals surface area contributed by atoms with Crippen molar-refractivity contribution in [2.24, 2.45) is 0 Å². The van der Waals surface area contributed by atoms with E-state index in [0.717, 1.165) is 9.56 Å². The zero-order chi connectivity index (χ0) is 12.0. The summed E-state index contributed by atoms with van der Waals surface area (Å²) >= 11 is 4.87. The SMILES string of the molecule is O=[N+]([O-])c1ccc(-c2nc3sccn3c2Br)o1. The minimum absolute atomic E-state index is 0.289. The smallest absolute Gasteiger partial charge is 0.399 e. The number of hydrogen-bond donors (Lipinski definition) is 0. The molecule has 0 amide bonds. The average Bonchev–Trinajstić information content (AvgIpc) is 2.95. The first kappa shape index (κ1) is 10.5. The Morgan fingerprint density at radius 2 is 2.35 bits per heavy atom. The van der Waals surface area contributed by atoms with Gasteiger partial charge >= 0.3 is 5.88 Å². The number of hydrogen-bond acceptors (Lipinski definition) is 5. The number of aromatic nitrogens is 2. The third-order valence-electron chi connectivity index (χ3n) is 2.21. The van der Waals surface area contributed by atoms with Crippen molar-refractivity contribution in [3.05, 3.63) is 38.4 Å². The predicted molar refractivity (Wildman–Crippen MR) is 65.1 cm³/mol. The first-order valence-corrected chi connectivity index (χ1v) is 6.20. The third-order valence-corrected chi connectivity index (χ3v) is 3.72. The standard InChI is InChI=1S/C9H4BrN3O3S/c10-8-7(11-9-12(8)3-4-17-9)5-1-2-6(16-5)13(14)15/h1-4H. The number of fused-ring (bicyclic) bond motifs is 1. The highest BCUT2D eigenvalue weighted by Gasteiger charge is 2.19. The summed E-state index contributed by atoms with van der Waals surface area (Å²) in [5, 5.41) is 12.4. The molecule has 0 aromatic carbocycles. The second-order valence-electron chi connectivity index (χ2n) is 3.20. The van der Waals surface area contributed by atoms with Crippen LogP contribution >= 0.6 is 27.3 Å². The number of halogens is 1. The number of nitro groups is 1. The zero-order valence-corrected chi connectivity index (χ0v) is 10.6. The van der Waals surface area contributed by atoms with E-state index in [-0.39, 0.29) is 5.88 Å². The van der Waals surface area contributed by atoms with Crippen LogP contribution in [0.25, 0.3) is 16.4 Å². The normalized spacial score (nSPS) is 11.1. The molecule has 0 radical (unpaired) electrons. The van der Waals surface area contributed by atoms with Crippen LogP contribution in [0, 0.1) is 10.1 Å². The fourth-order valence-electron chi connectivity index (χ4n) is 1.47. The Hall–Kier alpha value is -1.67. The Labute approximate surface area is 107 Å². The molecule has 0 atom stereocenters. The van der Waals surface area contributed by atoms with E-state index in [1.54, 1.807) is 0 Å². The topological polar surface area (TPSA) is 73.6 Å². The number of nitrogens with zero attached hydrogens (tertiary/aromatic N) is 3. The number of imidazole rings is 1. The molecule has 3 heterocycles. The molecule has 17 heavy (non-hydrogen) atoms. The fraction of sp³-hybridized carbons (Fsp3) is 0. The van der Waals surface area contributed by atoms with Crippen molar-refractivity contribution in [1.29, 1.82) is 0 Å². The summed E-state index contributed by atoms with van der Waals surface area (Å²) in [6.45, 7) is 0. The van der Waals surface area contributed by atoms with E-state index in [4.69, 9.17) is 4.42 Å². The summed E-state index contributed by atoms with van der Waals surface area (Å²) < 4.78 is 7.67. The molecule has 86 valence electrons. The minimum Gasteiger partial charge on any atom is -0.399 e. The van der Waals surface area contributed by atoms with Gasteiger partial charge < -0.3 is 4.42 Å². The first-order chi connectivity index (χ1) is 8.16. The van der Waals surface area contributed by atoms with E-state index in [2.05, 4.69) is 20.9 Å². The lowest BCUT2D eigenvalue weighted by Gasteiger charge is -1.90. The maximum atomic E-state index is 10.5. The quantitative estimate of drug-likeness (QED) is 0.537. The molecule has 0 fully saturated rings. The van der Waals surface area contributed by atoms with Gasteiger partial charge in [0.1, 0.15) is 15.2 Å². The van der Waals surface area contributed by atoms with Gasteiger partial charge in [-0.25, -0.2) is 4.98 Å². The highest BCUT2D eigenvalue weighted by atomic mass is 79.9. The highest BCUT2D eigenvalue weighted by Crippen LogP contribution is 2.33. The van der Waals surface area contributed by atoms with Gasteiger partial charge in [0, 0.05) is 11.6 Å². The van der Waals surface area contributed by atoms with E-state index >= 15 is 0 Å². The van der Waals surface area contributed by atoms with Crippen molar-refractivity contribution in [2.75, 3.05) is 0 Å². The van der Waals surface area contributed by atoms with Crippen molar-refractivity contribution in [3.8, 4) is 11.5 Å². The highest BCUT2D eigenvalue weighted by molar-refractivity contribution is 9.10. The molecule has 0 saturated heterocycles. The molecule has 0 aliphatic rings. The molecule has 3 aromatic heterocycles. The van der Waals surface area contributed by atoms with Crippen molar-refractivity contribution < 1.29 is 9.34 Å². The van der Waals surface area contributed by atoms with Gasteiger partial charge in [-0.3, -0.25) is 14.5 Å². The summed E-state index contributed by atoms with van der Waals surface area (Å²) in [6, 6.07) is 2.85. The maximum absolute atomic E-state index is 10.5. The summed E-state index contributed by atoms with van der Waals surface area (Å²) in [7, 11) is 0. The molecular formula is C9H4BrN3O3S. The molecule has 0 saturated carbocycles. The van der Waals surface area contributed by atoms with Gasteiger partial charge in [-0.05, 0) is 22.0 Å². The lowest BCUT2D eigenvalue weighted by atomic mass is 10.3. The maximum Gasteiger partial charge on any atom is 0.433 e. The lowest BCUT2D eigenvalue weighted by Crippen LogP contribution is -1.83. The van der Waals surface area contributed by atoms with Crippen LogP contribution < -0.4 is 0 Å². The number of rotatable bonds is 2. The van der Waals surface area contributed by atoms with Gasteiger partial charge in [0.25, 0.3) is 0 Å². The predicted octanol–water partition coefficient (Wildman–Crippen LogP) is 3.33. The van der Waals surface area contributed by atoms with Crippen LogP contribution in [0.3, 0.4) is 0 Å². The Morgan fingerprint density at radius 1 is 1.53 bits per heavy atom. The van der Waals surface area contributed by atoms with E-state index in [0.29, 0.717) is 11.5 Å². The summed E-state index contributed by atoms with van der Waals surface area (Å²) in [5.74, 6) is 0.0859. The van der Waals surface area contributed by atoms with Crippen molar-refractivity contribution in [3.63, 3.8) is 0 Å². The molecule has 8 heteroatoms. The molecule has 3 rings (SSSR count). The monoisotopic (exact) mass is 313 g/mol. The molecule has 3 aromatic rings. The van der Waals surface area contributed by atoms with Crippen molar-refractivity contribution in [1.82, 2.24) is 9.38 Å². The van der Waals surface area contributed by atoms with Gasteiger partial charge in [-0.15, -0.1) is 11.3 Å². The first-order valence-electron chi connectivity index (χ1n) is 4.52. The second kappa shape index (κ2) is 3.67. The Bertz CT molecular complexity index is 714. The third kappa shape index (κ3) is 1.56. The van der Waals surface area contributed by atoms with Crippen LogP contribution in [0.2, 0.25) is 0 Å². The van der Waals surface area contributed by atoms with Gasteiger partial charge in [0.15, 0.2) is 10.7 Å². The van der Waals surface area contributed by atoms with Gasteiger partial charge in [-0.1, -0.05) is 0 Å². The second-order valence-corrected chi connectivity index (χ2v) is 4.83. The average molecular weight is 314 g/mol. The van der Waals surface area contributed by atoms with Crippen LogP contribution in [0.4, 0.5) is 5.88 Å². The van der Waals surface area contributed by atoms with Crippen LogP contribution in [0.15, 0.2) is 32.7 Å². The zero-order valence-electron chi connectivity index (χ0n) is 8.16. The van der Waals surface area contributed by atoms with Gasteiger partial charge in [0.2, 0.25) is 0 Å². The van der Waals surface area contributed by atoms with E-state index in [1.165, 1.54) is 23.5 Å². The summed E-state index contributed by atoms with van der Waals surface area (Å²) in [6.07, 6.45) is 1.86. The molecule has 6 nitrogen and oxygen atoms in total. The Balaban J connectivity index is 2.16. The van der Waals surface area contributed by atoms with Crippen LogP contribution in [-0.4, -0.2) is 14.3 Å². The minimum atomic E-state index is -0.574. The summed E-state index contributed by atoms with van der Waals surface area (Å²) in [5.41, 5.74) is 0.560. The Kier molecular flexibility index (Phi) is 2.26. The van der Waals surface area contributed by atoms with Gasteiger partial charge in [-0.2, -0.15) is 0 Å². The number of thiazole rings is 1. The van der Waals surface area contributed by atoms with E-state index in [9.17, 15) is 10.1 Å². The van der Waals surface area contributed by atoms with Gasteiger partial charge in [0.05, 0.1) is 6.07 Å². The van der Waals surface area contributed by atoms with E-state index in [1.807, 2.05) is 16.0 Å². The lowest BCUT2D eigenvalue weighted by molar-refractivity contribution is -0.401. The fourth-order valence-corrected chi connectivity index (χ4v) is 2.87. The van der Waals surface area contributed by atoms with Crippen LogP contribution in [-0.2, 0) is 0 Å². The molecule has 0 spiro atoms. The summed E-state index contributed by atoms with van der Waals surface area (Å²) in [4.78, 5) is 15.1. The number of furan rings is 1. The van der Waals surface area contributed by atoms with Crippen molar-refractivity contribution >= 4 is 38.1 Å². The molecular weight excluding hydrogens is 310 g/mol. The van der Waals surface area contributed by atoms with Crippen LogP contribution in [0.5, 0.6) is 0 Å². The molecule has 0 aliphatic heterocycles. The molecule has 0 unspecified atom stereocenters. The molecule has 0 aliphatic carbocycles. The van der Waals surface area contributed by atoms with Crippen molar-refractivity contribution in [2.45, 2.75) is 0 Å². The largest absolute Gasteiger partial charge is 0.433 e. The Morgan fingerprint density at radius 3 is 3.00 bits per heavy atom. The molecule has 0 N–H and O–H groups in total. The van der Waals surface area contributed by atoms with Crippen LogP contribution in [0.1, 0.15) is 0 Å². The van der Waals surface area contributed by atoms with E-state index < -0.39 is 4.92 Å². The molecule has 0 bridgehead atoms.